The van der Waals surface area contributed by atoms with Gasteiger partial charge >= 0.3 is 0 Å². The number of carbonyl (C=O) groups is 1. The first kappa shape index (κ1) is 9.97. The predicted octanol–water partition coefficient (Wildman–Crippen LogP) is 0.884. The number of nitrogens with one attached hydrogen (secondary N) is 1. The zero-order valence-electron chi connectivity index (χ0n) is 8.99. The van der Waals surface area contributed by atoms with Crippen LogP contribution in [0.2, 0.25) is 0 Å². The van der Waals surface area contributed by atoms with Crippen LogP contribution >= 0.6 is 0 Å². The van der Waals surface area contributed by atoms with Crippen LogP contribution in [0.25, 0.3) is 0 Å². The summed E-state index contributed by atoms with van der Waals surface area (Å²) >= 11 is 0. The van der Waals surface area contributed by atoms with Gasteiger partial charge in [-0.3, -0.25) is 4.79 Å². The minimum atomic E-state index is -0.341. The van der Waals surface area contributed by atoms with Crippen molar-refractivity contribution >= 4 is 5.91 Å². The molecule has 0 heterocycles. The van der Waals surface area contributed by atoms with Gasteiger partial charge < -0.3 is 11.1 Å². The molecular formula is C11H20N2O. The molecule has 3 nitrogen and oxygen atoms in total. The Bertz CT molecular complexity index is 229. The molecule has 0 aromatic carbocycles. The highest BCUT2D eigenvalue weighted by Crippen LogP contribution is 2.51. The minimum absolute atomic E-state index is 0.0336. The highest BCUT2D eigenvalue weighted by atomic mass is 16.2. The Balaban J connectivity index is 1.77. The zero-order chi connectivity index (χ0) is 10.3. The average molecular weight is 196 g/mol. The normalized spacial score (nSPS) is 36.7. The van der Waals surface area contributed by atoms with Crippen LogP contribution in [0.1, 0.15) is 33.1 Å². The Morgan fingerprint density at radius 1 is 1.29 bits per heavy atom. The molecule has 0 spiro atoms. The van der Waals surface area contributed by atoms with E-state index in [1.807, 2.05) is 13.8 Å². The molecule has 80 valence electrons. The monoisotopic (exact) mass is 196 g/mol. The first-order valence-electron chi connectivity index (χ1n) is 5.64. The number of hydrogen-bond donors (Lipinski definition) is 2. The van der Waals surface area contributed by atoms with Crippen LogP contribution in [-0.2, 0) is 4.79 Å². The van der Waals surface area contributed by atoms with E-state index in [9.17, 15) is 4.79 Å². The van der Waals surface area contributed by atoms with E-state index in [1.54, 1.807) is 0 Å². The van der Waals surface area contributed by atoms with Gasteiger partial charge in [0, 0.05) is 6.04 Å². The number of fused-ring (bicyclic) bond motifs is 1. The lowest BCUT2D eigenvalue weighted by molar-refractivity contribution is -0.123. The van der Waals surface area contributed by atoms with Gasteiger partial charge in [-0.15, -0.1) is 0 Å². The number of rotatable bonds is 3. The van der Waals surface area contributed by atoms with Gasteiger partial charge in [0.1, 0.15) is 0 Å². The summed E-state index contributed by atoms with van der Waals surface area (Å²) in [6.45, 7) is 3.97. The fourth-order valence-corrected chi connectivity index (χ4v) is 2.43. The van der Waals surface area contributed by atoms with E-state index in [1.165, 1.54) is 19.3 Å². The van der Waals surface area contributed by atoms with Gasteiger partial charge in [-0.1, -0.05) is 13.8 Å². The summed E-state index contributed by atoms with van der Waals surface area (Å²) in [7, 11) is 0. The fourth-order valence-electron chi connectivity index (χ4n) is 2.43. The highest BCUT2D eigenvalue weighted by molar-refractivity contribution is 5.82. The van der Waals surface area contributed by atoms with Gasteiger partial charge in [-0.05, 0) is 37.0 Å². The summed E-state index contributed by atoms with van der Waals surface area (Å²) in [4.78, 5) is 11.6. The molecule has 0 aliphatic heterocycles. The molecule has 0 aromatic rings. The summed E-state index contributed by atoms with van der Waals surface area (Å²) in [6, 6.07) is 0.0722. The Morgan fingerprint density at radius 2 is 1.86 bits per heavy atom. The summed E-state index contributed by atoms with van der Waals surface area (Å²) in [6.07, 6.45) is 3.76. The highest BCUT2D eigenvalue weighted by Gasteiger charge is 2.46. The zero-order valence-corrected chi connectivity index (χ0v) is 8.99. The standard InChI is InChI=1S/C11H20N2O/c1-6(2)10(12)11(14)13-9-4-7-3-8(7)5-9/h6-10H,3-5,12H2,1-2H3,(H,13,14)/t7?,8?,9?,10-/m0/s1. The molecule has 3 N–H and O–H groups in total. The molecule has 2 aliphatic carbocycles. The molecular weight excluding hydrogens is 176 g/mol. The number of amides is 1. The third-order valence-electron chi connectivity index (χ3n) is 3.61. The van der Waals surface area contributed by atoms with E-state index in [4.69, 9.17) is 5.73 Å². The molecule has 3 heteroatoms. The van der Waals surface area contributed by atoms with Gasteiger partial charge in [0.25, 0.3) is 0 Å². The van der Waals surface area contributed by atoms with Crippen molar-refractivity contribution in [3.05, 3.63) is 0 Å². The largest absolute Gasteiger partial charge is 0.352 e. The molecule has 14 heavy (non-hydrogen) atoms. The Morgan fingerprint density at radius 3 is 2.36 bits per heavy atom. The number of carbonyl (C=O) groups excluding carboxylic acids is 1. The molecule has 2 saturated carbocycles. The molecule has 1 amide bonds. The van der Waals surface area contributed by atoms with Gasteiger partial charge in [0.2, 0.25) is 5.91 Å². The smallest absolute Gasteiger partial charge is 0.237 e. The Kier molecular flexibility index (Phi) is 2.52. The van der Waals surface area contributed by atoms with Gasteiger partial charge in [-0.2, -0.15) is 0 Å². The van der Waals surface area contributed by atoms with Crippen molar-refractivity contribution in [2.45, 2.75) is 45.2 Å². The van der Waals surface area contributed by atoms with Crippen LogP contribution in [0.3, 0.4) is 0 Å². The second-order valence-electron chi connectivity index (χ2n) is 5.20. The van der Waals surface area contributed by atoms with Crippen molar-refractivity contribution in [2.24, 2.45) is 23.5 Å². The van der Waals surface area contributed by atoms with Crippen LogP contribution in [-0.4, -0.2) is 18.0 Å². The Labute approximate surface area is 85.4 Å². The molecule has 3 atom stereocenters. The predicted molar refractivity (Wildman–Crippen MR) is 55.6 cm³/mol. The summed E-state index contributed by atoms with van der Waals surface area (Å²) in [5, 5.41) is 3.06. The SMILES string of the molecule is CC(C)[C@H](N)C(=O)NC1CC2CC2C1. The topological polar surface area (TPSA) is 55.1 Å². The van der Waals surface area contributed by atoms with E-state index in [-0.39, 0.29) is 17.9 Å². The maximum Gasteiger partial charge on any atom is 0.237 e. The lowest BCUT2D eigenvalue weighted by Gasteiger charge is -2.19. The third kappa shape index (κ3) is 1.92. The molecule has 2 rings (SSSR count). The van der Waals surface area contributed by atoms with E-state index in [0.717, 1.165) is 11.8 Å². The summed E-state index contributed by atoms with van der Waals surface area (Å²) in [5.74, 6) is 2.09. The van der Waals surface area contributed by atoms with Crippen LogP contribution in [0.5, 0.6) is 0 Å². The lowest BCUT2D eigenvalue weighted by Crippen LogP contribution is -2.47. The molecule has 2 fully saturated rings. The number of nitrogens with two attached hydrogens (primary N) is 1. The molecule has 2 aliphatic rings. The van der Waals surface area contributed by atoms with Gasteiger partial charge in [0.05, 0.1) is 6.04 Å². The van der Waals surface area contributed by atoms with Crippen LogP contribution in [0, 0.1) is 17.8 Å². The molecule has 0 bridgehead atoms. The molecule has 0 radical (unpaired) electrons. The van der Waals surface area contributed by atoms with Crippen molar-refractivity contribution in [1.29, 1.82) is 0 Å². The van der Waals surface area contributed by atoms with Crippen molar-refractivity contribution in [1.82, 2.24) is 5.32 Å². The molecule has 0 aromatic heterocycles. The van der Waals surface area contributed by atoms with Crippen molar-refractivity contribution < 1.29 is 4.79 Å². The van der Waals surface area contributed by atoms with E-state index < -0.39 is 0 Å². The summed E-state index contributed by atoms with van der Waals surface area (Å²) < 4.78 is 0. The summed E-state index contributed by atoms with van der Waals surface area (Å²) in [5.41, 5.74) is 5.77. The van der Waals surface area contributed by atoms with Gasteiger partial charge in [-0.25, -0.2) is 0 Å². The lowest BCUT2D eigenvalue weighted by atomic mass is 10.0. The second kappa shape index (κ2) is 3.54. The van der Waals surface area contributed by atoms with Crippen molar-refractivity contribution in [3.63, 3.8) is 0 Å². The quantitative estimate of drug-likeness (QED) is 0.704. The second-order valence-corrected chi connectivity index (χ2v) is 5.20. The maximum atomic E-state index is 11.6. The van der Waals surface area contributed by atoms with Crippen LogP contribution < -0.4 is 11.1 Å². The third-order valence-corrected chi connectivity index (χ3v) is 3.61. The van der Waals surface area contributed by atoms with Crippen LogP contribution in [0.15, 0.2) is 0 Å². The minimum Gasteiger partial charge on any atom is -0.352 e. The molecule has 2 unspecified atom stereocenters. The van der Waals surface area contributed by atoms with E-state index in [0.29, 0.717) is 6.04 Å². The molecule has 0 saturated heterocycles. The Hall–Kier alpha value is -0.570. The van der Waals surface area contributed by atoms with E-state index >= 15 is 0 Å². The first-order chi connectivity index (χ1) is 6.58. The van der Waals surface area contributed by atoms with Crippen LogP contribution in [0.4, 0.5) is 0 Å². The fraction of sp³-hybridized carbons (Fsp3) is 0.909. The van der Waals surface area contributed by atoms with Gasteiger partial charge in [0.15, 0.2) is 0 Å². The van der Waals surface area contributed by atoms with E-state index in [2.05, 4.69) is 5.32 Å². The van der Waals surface area contributed by atoms with Crippen molar-refractivity contribution in [2.75, 3.05) is 0 Å². The maximum absolute atomic E-state index is 11.6. The average Bonchev–Trinajstić information content (AvgIpc) is 2.73. The number of hydrogen-bond acceptors (Lipinski definition) is 2. The van der Waals surface area contributed by atoms with Crippen molar-refractivity contribution in [3.8, 4) is 0 Å². The first-order valence-corrected chi connectivity index (χ1v) is 5.64.